The number of nitrogens with zero attached hydrogens (tertiary/aromatic N) is 3. The van der Waals surface area contributed by atoms with Gasteiger partial charge in [0.2, 0.25) is 5.91 Å². The maximum absolute atomic E-state index is 12.3. The van der Waals surface area contributed by atoms with Crippen LogP contribution in [0.5, 0.6) is 0 Å². The molecule has 0 aromatic carbocycles. The molecule has 0 saturated carbocycles. The lowest BCUT2D eigenvalue weighted by Crippen LogP contribution is -2.49. The maximum Gasteiger partial charge on any atom is 0.227 e. The summed E-state index contributed by atoms with van der Waals surface area (Å²) in [7, 11) is 0. The molecule has 1 saturated heterocycles. The van der Waals surface area contributed by atoms with Gasteiger partial charge in [-0.25, -0.2) is 0 Å². The molecule has 3 rings (SSSR count). The third kappa shape index (κ3) is 3.16. The first kappa shape index (κ1) is 13.9. The Morgan fingerprint density at radius 1 is 1.29 bits per heavy atom. The summed E-state index contributed by atoms with van der Waals surface area (Å²) in [6, 6.07) is 5.92. The molecule has 1 aliphatic heterocycles. The van der Waals surface area contributed by atoms with E-state index in [-0.39, 0.29) is 5.91 Å². The number of anilines is 2. The minimum absolute atomic E-state index is 0.208. The average Bonchev–Trinajstić information content (AvgIpc) is 3.01. The molecule has 0 unspecified atom stereocenters. The number of pyridine rings is 1. The fourth-order valence-corrected chi connectivity index (χ4v) is 3.25. The second-order valence-corrected chi connectivity index (χ2v) is 6.09. The Labute approximate surface area is 128 Å². The second kappa shape index (κ2) is 6.13. The van der Waals surface area contributed by atoms with Gasteiger partial charge in [0.25, 0.3) is 0 Å². The Morgan fingerprint density at radius 3 is 2.76 bits per heavy atom. The van der Waals surface area contributed by atoms with Crippen molar-refractivity contribution >= 4 is 28.6 Å². The first-order valence-electron chi connectivity index (χ1n) is 6.98. The zero-order valence-electron chi connectivity index (χ0n) is 11.7. The first-order chi connectivity index (χ1) is 10.2. The lowest BCUT2D eigenvalue weighted by atomic mass is 10.2. The van der Waals surface area contributed by atoms with E-state index >= 15 is 0 Å². The molecular formula is C15H18N4OS. The quantitative estimate of drug-likeness (QED) is 0.936. The van der Waals surface area contributed by atoms with Crippen LogP contribution in [0.3, 0.4) is 0 Å². The summed E-state index contributed by atoms with van der Waals surface area (Å²) in [5.74, 6) is 0.208. The summed E-state index contributed by atoms with van der Waals surface area (Å²) < 4.78 is 0. The summed E-state index contributed by atoms with van der Waals surface area (Å²) in [5, 5.41) is 2.01. The van der Waals surface area contributed by atoms with E-state index < -0.39 is 0 Å². The van der Waals surface area contributed by atoms with Crippen molar-refractivity contribution in [2.75, 3.05) is 36.8 Å². The molecule has 0 radical (unpaired) electrons. The van der Waals surface area contributed by atoms with E-state index in [1.165, 1.54) is 0 Å². The van der Waals surface area contributed by atoms with Crippen molar-refractivity contribution in [1.82, 2.24) is 9.88 Å². The molecule has 21 heavy (non-hydrogen) atoms. The molecule has 0 bridgehead atoms. The van der Waals surface area contributed by atoms with E-state index in [9.17, 15) is 4.79 Å². The van der Waals surface area contributed by atoms with Gasteiger partial charge in [-0.2, -0.15) is 0 Å². The molecule has 6 heteroatoms. The summed E-state index contributed by atoms with van der Waals surface area (Å²) >= 11 is 1.63. The van der Waals surface area contributed by atoms with Crippen LogP contribution in [-0.4, -0.2) is 42.0 Å². The van der Waals surface area contributed by atoms with Crippen LogP contribution in [0.4, 0.5) is 11.4 Å². The van der Waals surface area contributed by atoms with Crippen molar-refractivity contribution in [1.29, 1.82) is 0 Å². The van der Waals surface area contributed by atoms with Crippen LogP contribution >= 0.6 is 11.3 Å². The Hall–Kier alpha value is -2.08. The summed E-state index contributed by atoms with van der Waals surface area (Å²) in [4.78, 5) is 21.5. The molecule has 0 atom stereocenters. The molecule has 110 valence electrons. The van der Waals surface area contributed by atoms with Crippen molar-refractivity contribution in [2.45, 2.75) is 6.42 Å². The van der Waals surface area contributed by atoms with Crippen LogP contribution < -0.4 is 10.6 Å². The lowest BCUT2D eigenvalue weighted by molar-refractivity contribution is -0.130. The average molecular weight is 302 g/mol. The van der Waals surface area contributed by atoms with E-state index in [2.05, 4.69) is 9.88 Å². The molecule has 1 aliphatic rings. The van der Waals surface area contributed by atoms with Crippen molar-refractivity contribution in [2.24, 2.45) is 0 Å². The summed E-state index contributed by atoms with van der Waals surface area (Å²) in [5.41, 5.74) is 7.65. The highest BCUT2D eigenvalue weighted by Crippen LogP contribution is 2.22. The standard InChI is InChI=1S/C15H18N4OS/c16-13-11-17-4-3-14(13)18-5-7-19(8-6-18)15(20)10-12-2-1-9-21-12/h1-4,9,11H,5-8,10,16H2. The van der Waals surface area contributed by atoms with E-state index in [4.69, 9.17) is 5.73 Å². The number of nitrogen functional groups attached to an aromatic ring is 1. The molecule has 3 heterocycles. The molecular weight excluding hydrogens is 284 g/mol. The van der Waals surface area contributed by atoms with Gasteiger partial charge in [0, 0.05) is 37.3 Å². The molecule has 5 nitrogen and oxygen atoms in total. The third-order valence-corrected chi connectivity index (χ3v) is 4.58. The van der Waals surface area contributed by atoms with Crippen LogP contribution in [-0.2, 0) is 11.2 Å². The molecule has 1 amide bonds. The number of nitrogens with two attached hydrogens (primary N) is 1. The minimum Gasteiger partial charge on any atom is -0.396 e. The SMILES string of the molecule is Nc1cnccc1N1CCN(C(=O)Cc2cccs2)CC1. The van der Waals surface area contributed by atoms with Crippen LogP contribution in [0.1, 0.15) is 4.88 Å². The van der Waals surface area contributed by atoms with E-state index in [1.54, 1.807) is 23.7 Å². The molecule has 2 aromatic rings. The van der Waals surface area contributed by atoms with Gasteiger partial charge in [0.1, 0.15) is 0 Å². The monoisotopic (exact) mass is 302 g/mol. The smallest absolute Gasteiger partial charge is 0.227 e. The normalized spacial score (nSPS) is 15.2. The van der Waals surface area contributed by atoms with Crippen molar-refractivity contribution in [3.8, 4) is 0 Å². The second-order valence-electron chi connectivity index (χ2n) is 5.06. The highest BCUT2D eigenvalue weighted by atomic mass is 32.1. The zero-order chi connectivity index (χ0) is 14.7. The van der Waals surface area contributed by atoms with E-state index in [1.807, 2.05) is 28.5 Å². The van der Waals surface area contributed by atoms with Crippen LogP contribution in [0.15, 0.2) is 36.0 Å². The Bertz CT molecular complexity index is 606. The first-order valence-corrected chi connectivity index (χ1v) is 7.86. The van der Waals surface area contributed by atoms with Gasteiger partial charge in [0.05, 0.1) is 24.0 Å². The number of piperazine rings is 1. The fourth-order valence-electron chi connectivity index (χ4n) is 2.56. The number of carbonyl (C=O) groups is 1. The van der Waals surface area contributed by atoms with Gasteiger partial charge in [-0.1, -0.05) is 6.07 Å². The predicted octanol–water partition coefficient (Wildman–Crippen LogP) is 1.62. The number of aromatic nitrogens is 1. The summed E-state index contributed by atoms with van der Waals surface area (Å²) in [6.45, 7) is 3.10. The Kier molecular flexibility index (Phi) is 4.06. The Morgan fingerprint density at radius 2 is 2.10 bits per heavy atom. The van der Waals surface area contributed by atoms with Gasteiger partial charge in [-0.15, -0.1) is 11.3 Å². The van der Waals surface area contributed by atoms with Gasteiger partial charge in [-0.05, 0) is 17.5 Å². The topological polar surface area (TPSA) is 62.5 Å². The predicted molar refractivity (Wildman–Crippen MR) is 85.5 cm³/mol. The number of rotatable bonds is 3. The largest absolute Gasteiger partial charge is 0.396 e. The van der Waals surface area contributed by atoms with E-state index in [0.29, 0.717) is 12.1 Å². The van der Waals surface area contributed by atoms with E-state index in [0.717, 1.165) is 36.7 Å². The molecule has 1 fully saturated rings. The number of hydrogen-bond acceptors (Lipinski definition) is 5. The molecule has 2 aromatic heterocycles. The molecule has 0 spiro atoms. The minimum atomic E-state index is 0.208. The van der Waals surface area contributed by atoms with Gasteiger partial charge < -0.3 is 15.5 Å². The number of carbonyl (C=O) groups excluding carboxylic acids is 1. The molecule has 0 aliphatic carbocycles. The Balaban J connectivity index is 1.58. The maximum atomic E-state index is 12.3. The number of amides is 1. The van der Waals surface area contributed by atoms with Crippen LogP contribution in [0.2, 0.25) is 0 Å². The zero-order valence-corrected chi connectivity index (χ0v) is 12.6. The van der Waals surface area contributed by atoms with Crippen molar-refractivity contribution < 1.29 is 4.79 Å². The van der Waals surface area contributed by atoms with Crippen molar-refractivity contribution in [3.05, 3.63) is 40.8 Å². The summed E-state index contributed by atoms with van der Waals surface area (Å²) in [6.07, 6.45) is 3.93. The van der Waals surface area contributed by atoms with Crippen molar-refractivity contribution in [3.63, 3.8) is 0 Å². The molecule has 2 N–H and O–H groups in total. The number of thiophene rings is 1. The van der Waals surface area contributed by atoms with Crippen LogP contribution in [0, 0.1) is 0 Å². The third-order valence-electron chi connectivity index (χ3n) is 3.71. The van der Waals surface area contributed by atoms with Gasteiger partial charge in [-0.3, -0.25) is 9.78 Å². The number of hydrogen-bond donors (Lipinski definition) is 1. The van der Waals surface area contributed by atoms with Gasteiger partial charge >= 0.3 is 0 Å². The highest BCUT2D eigenvalue weighted by Gasteiger charge is 2.22. The lowest BCUT2D eigenvalue weighted by Gasteiger charge is -2.36. The van der Waals surface area contributed by atoms with Gasteiger partial charge in [0.15, 0.2) is 0 Å². The fraction of sp³-hybridized carbons (Fsp3) is 0.333. The highest BCUT2D eigenvalue weighted by molar-refractivity contribution is 7.10. The van der Waals surface area contributed by atoms with Crippen LogP contribution in [0.25, 0.3) is 0 Å².